The third-order valence-electron chi connectivity index (χ3n) is 1.52. The molecule has 0 rings (SSSR count). The normalized spacial score (nSPS) is 9.83. The molecule has 0 aliphatic heterocycles. The van der Waals surface area contributed by atoms with Gasteiger partial charge in [-0.1, -0.05) is 0 Å². The van der Waals surface area contributed by atoms with Crippen LogP contribution >= 0.6 is 0 Å². The first-order valence-corrected chi connectivity index (χ1v) is 4.29. The van der Waals surface area contributed by atoms with Crippen molar-refractivity contribution in [2.24, 2.45) is 5.73 Å². The van der Waals surface area contributed by atoms with Crippen molar-refractivity contribution < 1.29 is 9.53 Å². The lowest BCUT2D eigenvalue weighted by Gasteiger charge is -2.02. The van der Waals surface area contributed by atoms with E-state index >= 15 is 0 Å². The van der Waals surface area contributed by atoms with Gasteiger partial charge in [0, 0.05) is 6.42 Å². The number of hydrogen-bond acceptors (Lipinski definition) is 4. The number of rotatable bonds is 7. The molecule has 0 amide bonds. The second kappa shape index (κ2) is 8.49. The Balaban J connectivity index is 2.95. The van der Waals surface area contributed by atoms with E-state index < -0.39 is 0 Å². The molecule has 0 radical (unpaired) electrons. The molecule has 12 heavy (non-hydrogen) atoms. The summed E-state index contributed by atoms with van der Waals surface area (Å²) >= 11 is 0. The zero-order chi connectivity index (χ0) is 9.23. The highest BCUT2D eigenvalue weighted by Gasteiger charge is 1.97. The summed E-state index contributed by atoms with van der Waals surface area (Å²) in [6.07, 6.45) is 2.31. The molecular formula is C8H18N2O2. The van der Waals surface area contributed by atoms with E-state index in [2.05, 4.69) is 10.1 Å². The highest BCUT2D eigenvalue weighted by Crippen LogP contribution is 1.89. The van der Waals surface area contributed by atoms with Crippen LogP contribution in [0.1, 0.15) is 19.3 Å². The number of carbonyl (C=O) groups is 1. The van der Waals surface area contributed by atoms with Crippen molar-refractivity contribution in [3.05, 3.63) is 0 Å². The molecule has 0 heterocycles. The SMILES string of the molecule is COC(=O)CCCNCCCN. The third-order valence-corrected chi connectivity index (χ3v) is 1.52. The Kier molecular flexibility index (Phi) is 8.05. The summed E-state index contributed by atoms with van der Waals surface area (Å²) < 4.78 is 4.49. The van der Waals surface area contributed by atoms with Crippen LogP contribution < -0.4 is 11.1 Å². The van der Waals surface area contributed by atoms with Gasteiger partial charge in [0.1, 0.15) is 0 Å². The van der Waals surface area contributed by atoms with Gasteiger partial charge in [-0.25, -0.2) is 0 Å². The number of esters is 1. The fourth-order valence-electron chi connectivity index (χ4n) is 0.812. The summed E-state index contributed by atoms with van der Waals surface area (Å²) in [6.45, 7) is 2.50. The van der Waals surface area contributed by atoms with E-state index in [1.165, 1.54) is 7.11 Å². The van der Waals surface area contributed by atoms with E-state index in [-0.39, 0.29) is 5.97 Å². The van der Waals surface area contributed by atoms with Gasteiger partial charge in [0.15, 0.2) is 0 Å². The second-order valence-electron chi connectivity index (χ2n) is 2.57. The van der Waals surface area contributed by atoms with Gasteiger partial charge < -0.3 is 15.8 Å². The Bertz CT molecular complexity index is 118. The topological polar surface area (TPSA) is 64.3 Å². The lowest BCUT2D eigenvalue weighted by atomic mass is 10.3. The average Bonchev–Trinajstić information content (AvgIpc) is 2.10. The van der Waals surface area contributed by atoms with Gasteiger partial charge in [0.2, 0.25) is 0 Å². The van der Waals surface area contributed by atoms with E-state index in [0.29, 0.717) is 13.0 Å². The maximum Gasteiger partial charge on any atom is 0.305 e. The molecule has 0 atom stereocenters. The number of nitrogens with two attached hydrogens (primary N) is 1. The summed E-state index contributed by atoms with van der Waals surface area (Å²) in [7, 11) is 1.41. The molecule has 0 saturated heterocycles. The summed E-state index contributed by atoms with van der Waals surface area (Å²) in [6, 6.07) is 0. The van der Waals surface area contributed by atoms with Crippen molar-refractivity contribution in [2.75, 3.05) is 26.7 Å². The Morgan fingerprint density at radius 3 is 2.67 bits per heavy atom. The van der Waals surface area contributed by atoms with Gasteiger partial charge in [-0.3, -0.25) is 4.79 Å². The van der Waals surface area contributed by atoms with E-state index in [4.69, 9.17) is 5.73 Å². The quantitative estimate of drug-likeness (QED) is 0.417. The summed E-state index contributed by atoms with van der Waals surface area (Å²) in [5.74, 6) is -0.143. The van der Waals surface area contributed by atoms with Crippen molar-refractivity contribution in [2.45, 2.75) is 19.3 Å². The molecule has 0 aromatic heterocycles. The zero-order valence-corrected chi connectivity index (χ0v) is 7.64. The minimum Gasteiger partial charge on any atom is -0.469 e. The molecule has 0 aliphatic rings. The van der Waals surface area contributed by atoms with E-state index in [0.717, 1.165) is 25.9 Å². The van der Waals surface area contributed by atoms with Gasteiger partial charge in [-0.15, -0.1) is 0 Å². The Labute approximate surface area is 73.5 Å². The van der Waals surface area contributed by atoms with E-state index in [1.54, 1.807) is 0 Å². The Hall–Kier alpha value is -0.610. The summed E-state index contributed by atoms with van der Waals surface area (Å²) in [5, 5.41) is 3.18. The molecule has 0 saturated carbocycles. The molecule has 0 aromatic carbocycles. The van der Waals surface area contributed by atoms with E-state index in [9.17, 15) is 4.79 Å². The number of methoxy groups -OCH3 is 1. The average molecular weight is 174 g/mol. The number of nitrogens with one attached hydrogen (secondary N) is 1. The van der Waals surface area contributed by atoms with Crippen LogP contribution in [0, 0.1) is 0 Å². The van der Waals surface area contributed by atoms with Gasteiger partial charge >= 0.3 is 5.97 Å². The monoisotopic (exact) mass is 174 g/mol. The molecule has 4 heteroatoms. The smallest absolute Gasteiger partial charge is 0.305 e. The molecule has 0 unspecified atom stereocenters. The van der Waals surface area contributed by atoms with Gasteiger partial charge in [-0.2, -0.15) is 0 Å². The van der Waals surface area contributed by atoms with Crippen LogP contribution in [0.5, 0.6) is 0 Å². The minimum atomic E-state index is -0.143. The van der Waals surface area contributed by atoms with Crippen molar-refractivity contribution in [3.63, 3.8) is 0 Å². The first-order chi connectivity index (χ1) is 5.81. The lowest BCUT2D eigenvalue weighted by Crippen LogP contribution is -2.20. The highest BCUT2D eigenvalue weighted by atomic mass is 16.5. The fourth-order valence-corrected chi connectivity index (χ4v) is 0.812. The minimum absolute atomic E-state index is 0.143. The fraction of sp³-hybridized carbons (Fsp3) is 0.875. The number of ether oxygens (including phenoxy) is 1. The number of carbonyl (C=O) groups excluding carboxylic acids is 1. The summed E-state index contributed by atoms with van der Waals surface area (Å²) in [4.78, 5) is 10.6. The molecule has 0 fully saturated rings. The third kappa shape index (κ3) is 7.50. The molecular weight excluding hydrogens is 156 g/mol. The zero-order valence-electron chi connectivity index (χ0n) is 7.64. The molecule has 0 aromatic rings. The standard InChI is InChI=1S/C8H18N2O2/c1-12-8(11)4-2-6-10-7-3-5-9/h10H,2-7,9H2,1H3. The maximum atomic E-state index is 10.6. The maximum absolute atomic E-state index is 10.6. The van der Waals surface area contributed by atoms with Crippen molar-refractivity contribution in [3.8, 4) is 0 Å². The Morgan fingerprint density at radius 2 is 2.08 bits per heavy atom. The number of hydrogen-bond donors (Lipinski definition) is 2. The van der Waals surface area contributed by atoms with Crippen LogP contribution in [0.15, 0.2) is 0 Å². The largest absolute Gasteiger partial charge is 0.469 e. The molecule has 4 nitrogen and oxygen atoms in total. The molecule has 0 bridgehead atoms. The van der Waals surface area contributed by atoms with Crippen LogP contribution in [0.25, 0.3) is 0 Å². The Morgan fingerprint density at radius 1 is 1.42 bits per heavy atom. The predicted octanol–water partition coefficient (Wildman–Crippen LogP) is -0.122. The molecule has 0 aliphatic carbocycles. The van der Waals surface area contributed by atoms with Gasteiger partial charge in [0.05, 0.1) is 7.11 Å². The van der Waals surface area contributed by atoms with Crippen LogP contribution in [-0.4, -0.2) is 32.7 Å². The van der Waals surface area contributed by atoms with Crippen molar-refractivity contribution in [1.29, 1.82) is 0 Å². The van der Waals surface area contributed by atoms with Crippen LogP contribution in [0.4, 0.5) is 0 Å². The van der Waals surface area contributed by atoms with Crippen molar-refractivity contribution >= 4 is 5.97 Å². The molecule has 0 spiro atoms. The highest BCUT2D eigenvalue weighted by molar-refractivity contribution is 5.68. The first kappa shape index (κ1) is 11.4. The molecule has 72 valence electrons. The summed E-state index contributed by atoms with van der Waals surface area (Å²) in [5.41, 5.74) is 5.30. The van der Waals surface area contributed by atoms with Crippen LogP contribution in [0.2, 0.25) is 0 Å². The van der Waals surface area contributed by atoms with Crippen molar-refractivity contribution in [1.82, 2.24) is 5.32 Å². The van der Waals surface area contributed by atoms with Crippen LogP contribution in [-0.2, 0) is 9.53 Å². The van der Waals surface area contributed by atoms with Gasteiger partial charge in [-0.05, 0) is 32.5 Å². The second-order valence-corrected chi connectivity index (χ2v) is 2.57. The first-order valence-electron chi connectivity index (χ1n) is 4.29. The van der Waals surface area contributed by atoms with E-state index in [1.807, 2.05) is 0 Å². The lowest BCUT2D eigenvalue weighted by molar-refractivity contribution is -0.140. The predicted molar refractivity (Wildman–Crippen MR) is 47.8 cm³/mol. The molecule has 3 N–H and O–H groups in total. The van der Waals surface area contributed by atoms with Crippen LogP contribution in [0.3, 0.4) is 0 Å². The van der Waals surface area contributed by atoms with Gasteiger partial charge in [0.25, 0.3) is 0 Å².